The quantitative estimate of drug-likeness (QED) is 0.675. The summed E-state index contributed by atoms with van der Waals surface area (Å²) in [5.74, 6) is -6.68. The van der Waals surface area contributed by atoms with Crippen LogP contribution in [0.15, 0.2) is 24.5 Å². The maximum Gasteiger partial charge on any atom is 0.414 e. The second kappa shape index (κ2) is 6.13. The Labute approximate surface area is 164 Å². The molecule has 3 aliphatic carbocycles. The van der Waals surface area contributed by atoms with Gasteiger partial charge in [-0.1, -0.05) is 0 Å². The molecule has 2 N–H and O–H groups in total. The molecule has 1 aromatic carbocycles. The van der Waals surface area contributed by atoms with E-state index in [2.05, 4.69) is 15.5 Å². The summed E-state index contributed by atoms with van der Waals surface area (Å²) in [7, 11) is 0. The first-order chi connectivity index (χ1) is 13.8. The predicted molar refractivity (Wildman–Crippen MR) is 83.8 cm³/mol. The Balaban J connectivity index is 1.71. The smallest absolute Gasteiger partial charge is 0.383 e. The van der Waals surface area contributed by atoms with Gasteiger partial charge in [-0.2, -0.15) is 13.2 Å². The first-order valence-corrected chi connectivity index (χ1v) is 8.78. The molecule has 3 aliphatic rings. The number of aromatic nitrogens is 4. The van der Waals surface area contributed by atoms with Gasteiger partial charge in [-0.25, -0.2) is 22.2 Å². The van der Waals surface area contributed by atoms with E-state index in [1.807, 2.05) is 0 Å². The number of halogens is 7. The average molecular weight is 440 g/mol. The molecule has 3 fully saturated rings. The normalized spacial score (nSPS) is 29.0. The van der Waals surface area contributed by atoms with Crippen molar-refractivity contribution in [1.29, 1.82) is 0 Å². The van der Waals surface area contributed by atoms with Gasteiger partial charge in [0.1, 0.15) is 18.0 Å². The maximum atomic E-state index is 15.7. The number of alkyl halides is 5. The zero-order valence-electron chi connectivity index (χ0n) is 15.0. The van der Waals surface area contributed by atoms with E-state index < -0.39 is 77.6 Å². The number of hydrogen-bond acceptors (Lipinski definition) is 5. The Morgan fingerprint density at radius 3 is 2.23 bits per heavy atom. The minimum Gasteiger partial charge on any atom is -0.383 e. The lowest BCUT2D eigenvalue weighted by molar-refractivity contribution is -0.407. The molecular formula is C17H15F7N4O2. The van der Waals surface area contributed by atoms with E-state index in [-0.39, 0.29) is 0 Å². The Morgan fingerprint density at radius 1 is 1.10 bits per heavy atom. The molecule has 0 aliphatic heterocycles. The van der Waals surface area contributed by atoms with Gasteiger partial charge in [0.2, 0.25) is 0 Å². The third kappa shape index (κ3) is 2.67. The number of tetrazole rings is 1. The standard InChI is InChI=1S/C17H15F7N4O2/c18-9-1-2-10(11(19)3-9)15(30,7-28-8-25-26-27-28)17(23,24)14-4-13(5-14,6-14)12(29)16(20,21)22/h1-3,8,12,29-30H,4-7H2/t12-,13?,14?,15-/m1/s1. The SMILES string of the molecule is O[C@@H](C(F)(F)F)C12CC(C(F)(F)[C@@](O)(Cn3cnnn3)c3ccc(F)cc3F)(C1)C2. The van der Waals surface area contributed by atoms with Crippen molar-refractivity contribution in [3.8, 4) is 0 Å². The van der Waals surface area contributed by atoms with Gasteiger partial charge in [-0.3, -0.25) is 0 Å². The number of benzene rings is 1. The van der Waals surface area contributed by atoms with Gasteiger partial charge >= 0.3 is 6.18 Å². The molecule has 2 aromatic rings. The van der Waals surface area contributed by atoms with Gasteiger partial charge in [0.25, 0.3) is 5.92 Å². The van der Waals surface area contributed by atoms with Gasteiger partial charge in [0.05, 0.1) is 6.54 Å². The Morgan fingerprint density at radius 2 is 1.73 bits per heavy atom. The van der Waals surface area contributed by atoms with Crippen LogP contribution in [0.25, 0.3) is 0 Å². The molecule has 0 saturated heterocycles. The molecule has 1 aromatic heterocycles. The molecule has 5 rings (SSSR count). The molecule has 2 atom stereocenters. The summed E-state index contributed by atoms with van der Waals surface area (Å²) in [5.41, 5.74) is -8.10. The van der Waals surface area contributed by atoms with Crippen molar-refractivity contribution >= 4 is 0 Å². The van der Waals surface area contributed by atoms with E-state index in [1.54, 1.807) is 0 Å². The largest absolute Gasteiger partial charge is 0.414 e. The molecule has 0 spiro atoms. The summed E-state index contributed by atoms with van der Waals surface area (Å²) < 4.78 is 98.3. The lowest BCUT2D eigenvalue weighted by atomic mass is 9.30. The summed E-state index contributed by atoms with van der Waals surface area (Å²) in [6.45, 7) is -1.04. The lowest BCUT2D eigenvalue weighted by Gasteiger charge is -2.75. The summed E-state index contributed by atoms with van der Waals surface area (Å²) >= 11 is 0. The fraction of sp³-hybridized carbons (Fsp3) is 0.588. The number of hydrogen-bond donors (Lipinski definition) is 2. The Kier molecular flexibility index (Phi) is 4.28. The fourth-order valence-electron chi connectivity index (χ4n) is 4.94. The van der Waals surface area contributed by atoms with Crippen LogP contribution in [0.1, 0.15) is 24.8 Å². The minimum atomic E-state index is -4.98. The van der Waals surface area contributed by atoms with Crippen molar-refractivity contribution in [2.24, 2.45) is 10.8 Å². The van der Waals surface area contributed by atoms with E-state index in [0.717, 1.165) is 6.33 Å². The molecule has 0 unspecified atom stereocenters. The highest BCUT2D eigenvalue weighted by atomic mass is 19.4. The fourth-order valence-corrected chi connectivity index (χ4v) is 4.94. The van der Waals surface area contributed by atoms with E-state index in [1.165, 1.54) is 0 Å². The highest BCUT2D eigenvalue weighted by Crippen LogP contribution is 2.82. The zero-order chi connectivity index (χ0) is 22.2. The number of aliphatic hydroxyl groups is 2. The monoisotopic (exact) mass is 440 g/mol. The second-order valence-corrected chi connectivity index (χ2v) is 8.18. The Hall–Kier alpha value is -2.28. The van der Waals surface area contributed by atoms with Gasteiger partial charge < -0.3 is 10.2 Å². The van der Waals surface area contributed by atoms with Crippen LogP contribution in [-0.4, -0.2) is 48.6 Å². The summed E-state index contributed by atoms with van der Waals surface area (Å²) in [6.07, 6.45) is -9.01. The first kappa shape index (κ1) is 21.0. The molecule has 2 bridgehead atoms. The first-order valence-electron chi connectivity index (χ1n) is 8.78. The Bertz CT molecular complexity index is 946. The predicted octanol–water partition coefficient (Wildman–Crippen LogP) is 2.57. The van der Waals surface area contributed by atoms with Crippen molar-refractivity contribution in [3.63, 3.8) is 0 Å². The van der Waals surface area contributed by atoms with E-state index in [9.17, 15) is 32.2 Å². The van der Waals surface area contributed by atoms with Gasteiger partial charge in [0.15, 0.2) is 11.7 Å². The zero-order valence-corrected chi connectivity index (χ0v) is 15.0. The van der Waals surface area contributed by atoms with Crippen molar-refractivity contribution in [2.45, 2.75) is 49.6 Å². The second-order valence-electron chi connectivity index (χ2n) is 8.18. The highest BCUT2D eigenvalue weighted by molar-refractivity contribution is 5.34. The molecule has 6 nitrogen and oxygen atoms in total. The average Bonchev–Trinajstić information content (AvgIpc) is 3.03. The highest BCUT2D eigenvalue weighted by Gasteiger charge is 2.85. The summed E-state index contributed by atoms with van der Waals surface area (Å²) in [5, 5.41) is 30.4. The molecule has 30 heavy (non-hydrogen) atoms. The van der Waals surface area contributed by atoms with Crippen LogP contribution in [0.3, 0.4) is 0 Å². The van der Waals surface area contributed by atoms with Crippen LogP contribution in [0, 0.1) is 22.5 Å². The number of nitrogens with zero attached hydrogens (tertiary/aromatic N) is 4. The van der Waals surface area contributed by atoms with Crippen LogP contribution in [0.5, 0.6) is 0 Å². The van der Waals surface area contributed by atoms with E-state index in [4.69, 9.17) is 0 Å². The number of aliphatic hydroxyl groups excluding tert-OH is 1. The maximum absolute atomic E-state index is 15.7. The topological polar surface area (TPSA) is 84.1 Å². The third-order valence-corrected chi connectivity index (χ3v) is 6.31. The molecule has 3 saturated carbocycles. The van der Waals surface area contributed by atoms with Gasteiger partial charge in [0, 0.05) is 22.5 Å². The van der Waals surface area contributed by atoms with Crippen LogP contribution in [-0.2, 0) is 12.1 Å². The van der Waals surface area contributed by atoms with Crippen LogP contribution in [0.2, 0.25) is 0 Å². The van der Waals surface area contributed by atoms with Gasteiger partial charge in [-0.15, -0.1) is 5.10 Å². The molecule has 1 heterocycles. The third-order valence-electron chi connectivity index (χ3n) is 6.31. The minimum absolute atomic E-state index is 0.312. The van der Waals surface area contributed by atoms with Crippen molar-refractivity contribution < 1.29 is 40.9 Å². The van der Waals surface area contributed by atoms with Crippen LogP contribution in [0.4, 0.5) is 30.7 Å². The van der Waals surface area contributed by atoms with Crippen molar-refractivity contribution in [3.05, 3.63) is 41.7 Å². The molecule has 164 valence electrons. The van der Waals surface area contributed by atoms with Crippen molar-refractivity contribution in [2.75, 3.05) is 0 Å². The van der Waals surface area contributed by atoms with Crippen LogP contribution >= 0.6 is 0 Å². The number of rotatable bonds is 6. The van der Waals surface area contributed by atoms with Gasteiger partial charge in [-0.05, 0) is 41.8 Å². The molecular weight excluding hydrogens is 425 g/mol. The molecule has 0 radical (unpaired) electrons. The van der Waals surface area contributed by atoms with E-state index >= 15 is 8.78 Å². The molecule has 13 heteroatoms. The summed E-state index contributed by atoms with van der Waals surface area (Å²) in [6, 6.07) is 1.64. The lowest BCUT2D eigenvalue weighted by Crippen LogP contribution is -2.78. The van der Waals surface area contributed by atoms with E-state index in [0.29, 0.717) is 22.9 Å². The van der Waals surface area contributed by atoms with Crippen molar-refractivity contribution in [1.82, 2.24) is 20.2 Å². The van der Waals surface area contributed by atoms with Crippen LogP contribution < -0.4 is 0 Å². The summed E-state index contributed by atoms with van der Waals surface area (Å²) in [4.78, 5) is 0. The molecule has 0 amide bonds.